The Labute approximate surface area is 157 Å². The topological polar surface area (TPSA) is 100 Å². The molecule has 1 fully saturated rings. The van der Waals surface area contributed by atoms with Gasteiger partial charge in [-0.1, -0.05) is 25.1 Å². The van der Waals surface area contributed by atoms with E-state index in [9.17, 15) is 14.4 Å². The molecule has 1 saturated heterocycles. The number of carbonyl (C=O) groups excluding carboxylic acids is 3. The highest BCUT2D eigenvalue weighted by atomic mass is 32.2. The molecular formula is C17H25NO7S. The van der Waals surface area contributed by atoms with Crippen molar-refractivity contribution in [1.29, 1.82) is 0 Å². The minimum atomic E-state index is -0.896. The summed E-state index contributed by atoms with van der Waals surface area (Å²) in [6, 6.07) is -0.464. The molecule has 0 aliphatic carbocycles. The lowest BCUT2D eigenvalue weighted by molar-refractivity contribution is -0.208. The van der Waals surface area contributed by atoms with E-state index in [1.807, 2.05) is 0 Å². The van der Waals surface area contributed by atoms with E-state index in [-0.39, 0.29) is 12.0 Å². The van der Waals surface area contributed by atoms with Crippen LogP contribution in [0.1, 0.15) is 47.0 Å². The molecule has 0 bridgehead atoms. The highest BCUT2D eigenvalue weighted by Crippen LogP contribution is 2.40. The van der Waals surface area contributed by atoms with Gasteiger partial charge in [-0.15, -0.1) is 0 Å². The molecule has 2 aliphatic rings. The first-order valence-corrected chi connectivity index (χ1v) is 9.56. The number of rotatable bonds is 7. The molecule has 0 aromatic heterocycles. The maximum atomic E-state index is 11.6. The highest BCUT2D eigenvalue weighted by molar-refractivity contribution is 8.14. The Morgan fingerprint density at radius 2 is 1.73 bits per heavy atom. The van der Waals surface area contributed by atoms with Gasteiger partial charge in [0.15, 0.2) is 12.2 Å². The van der Waals surface area contributed by atoms with E-state index in [4.69, 9.17) is 18.9 Å². The zero-order valence-corrected chi connectivity index (χ0v) is 16.2. The van der Waals surface area contributed by atoms with E-state index < -0.39 is 42.3 Å². The third kappa shape index (κ3) is 5.44. The van der Waals surface area contributed by atoms with Crippen LogP contribution in [0.3, 0.4) is 0 Å². The summed E-state index contributed by atoms with van der Waals surface area (Å²) in [6.07, 6.45) is 0.426. The second-order valence-electron chi connectivity index (χ2n) is 6.23. The van der Waals surface area contributed by atoms with Crippen LogP contribution >= 0.6 is 11.8 Å². The number of aliphatic imine (C=N–C) groups is 1. The zero-order valence-electron chi connectivity index (χ0n) is 15.4. The van der Waals surface area contributed by atoms with Gasteiger partial charge in [-0.3, -0.25) is 19.4 Å². The van der Waals surface area contributed by atoms with Crippen LogP contribution in [0.2, 0.25) is 0 Å². The Morgan fingerprint density at radius 1 is 1.08 bits per heavy atom. The second kappa shape index (κ2) is 9.36. The lowest BCUT2D eigenvalue weighted by atomic mass is 9.97. The van der Waals surface area contributed by atoms with Crippen LogP contribution in [0.5, 0.6) is 0 Å². The molecule has 2 rings (SSSR count). The van der Waals surface area contributed by atoms with Crippen molar-refractivity contribution < 1.29 is 33.3 Å². The average molecular weight is 387 g/mol. The van der Waals surface area contributed by atoms with Gasteiger partial charge in [-0.25, -0.2) is 0 Å². The summed E-state index contributed by atoms with van der Waals surface area (Å²) >= 11 is 1.48. The van der Waals surface area contributed by atoms with E-state index in [0.717, 1.165) is 24.3 Å². The first-order valence-electron chi connectivity index (χ1n) is 8.68. The summed E-state index contributed by atoms with van der Waals surface area (Å²) in [5.74, 6) is -1.51. The van der Waals surface area contributed by atoms with Gasteiger partial charge < -0.3 is 18.9 Å². The van der Waals surface area contributed by atoms with Gasteiger partial charge >= 0.3 is 17.9 Å². The van der Waals surface area contributed by atoms with E-state index in [2.05, 4.69) is 11.9 Å². The van der Waals surface area contributed by atoms with E-state index >= 15 is 0 Å². The van der Waals surface area contributed by atoms with Crippen molar-refractivity contribution in [3.8, 4) is 0 Å². The number of carbonyl (C=O) groups is 3. The molecule has 0 saturated carbocycles. The van der Waals surface area contributed by atoms with E-state index in [0.29, 0.717) is 0 Å². The van der Waals surface area contributed by atoms with Crippen LogP contribution in [0.4, 0.5) is 0 Å². The first-order chi connectivity index (χ1) is 12.3. The lowest BCUT2D eigenvalue weighted by Gasteiger charge is -2.41. The van der Waals surface area contributed by atoms with Crippen molar-refractivity contribution in [3.05, 3.63) is 0 Å². The van der Waals surface area contributed by atoms with Crippen molar-refractivity contribution in [3.63, 3.8) is 0 Å². The summed E-state index contributed by atoms with van der Waals surface area (Å²) in [5.41, 5.74) is -0.376. The number of hydrogen-bond donors (Lipinski definition) is 0. The van der Waals surface area contributed by atoms with Crippen molar-refractivity contribution in [2.24, 2.45) is 4.99 Å². The SMILES string of the molecule is CCCCC1=NC2C(O[C@H](COC(C)=O)[C@@H](OC(C)=O)[C@@H]2OC(C)=O)S1. The molecule has 5 atom stereocenters. The highest BCUT2D eigenvalue weighted by Gasteiger charge is 2.52. The Balaban J connectivity index is 2.25. The van der Waals surface area contributed by atoms with Crippen molar-refractivity contribution in [2.75, 3.05) is 6.61 Å². The molecular weight excluding hydrogens is 362 g/mol. The maximum absolute atomic E-state index is 11.6. The fourth-order valence-electron chi connectivity index (χ4n) is 2.90. The smallest absolute Gasteiger partial charge is 0.303 e. The van der Waals surface area contributed by atoms with Crippen LogP contribution in [-0.4, -0.2) is 59.3 Å². The minimum Gasteiger partial charge on any atom is -0.463 e. The number of unbranched alkanes of at least 4 members (excludes halogenated alkanes) is 1. The zero-order chi connectivity index (χ0) is 19.3. The van der Waals surface area contributed by atoms with Gasteiger partial charge in [0.2, 0.25) is 0 Å². The normalized spacial score (nSPS) is 30.2. The average Bonchev–Trinajstić information content (AvgIpc) is 2.95. The Kier molecular flexibility index (Phi) is 7.45. The molecule has 2 aliphatic heterocycles. The Hall–Kier alpha value is -1.61. The number of thioether (sulfide) groups is 1. The van der Waals surface area contributed by atoms with Crippen LogP contribution in [0.15, 0.2) is 4.99 Å². The molecule has 26 heavy (non-hydrogen) atoms. The Bertz CT molecular complexity index is 579. The van der Waals surface area contributed by atoms with Gasteiger partial charge in [-0.2, -0.15) is 0 Å². The largest absolute Gasteiger partial charge is 0.463 e. The predicted molar refractivity (Wildman–Crippen MR) is 94.7 cm³/mol. The first kappa shape index (κ1) is 20.7. The fourth-order valence-corrected chi connectivity index (χ4v) is 4.17. The fraction of sp³-hybridized carbons (Fsp3) is 0.765. The van der Waals surface area contributed by atoms with Crippen molar-refractivity contribution in [2.45, 2.75) is 76.7 Å². The minimum absolute atomic E-state index is 0.0981. The summed E-state index contributed by atoms with van der Waals surface area (Å²) in [7, 11) is 0. The van der Waals surface area contributed by atoms with Crippen LogP contribution in [-0.2, 0) is 33.3 Å². The molecule has 0 N–H and O–H groups in total. The summed E-state index contributed by atoms with van der Waals surface area (Å²) in [5, 5.41) is 0.925. The standard InChI is InChI=1S/C17H25NO7S/c1-5-6-7-13-18-14-16(24-11(4)21)15(23-10(3)20)12(8-22-9(2)19)25-17(14)26-13/h12,14-17H,5-8H2,1-4H3/t12-,14?,15-,16-,17?/m1/s1. The molecule has 146 valence electrons. The van der Waals surface area contributed by atoms with Gasteiger partial charge in [0.05, 0.1) is 5.04 Å². The molecule has 0 amide bonds. The molecule has 8 nitrogen and oxygen atoms in total. The quantitative estimate of drug-likeness (QED) is 0.482. The van der Waals surface area contributed by atoms with Crippen molar-refractivity contribution in [1.82, 2.24) is 0 Å². The van der Waals surface area contributed by atoms with Crippen LogP contribution in [0, 0.1) is 0 Å². The number of nitrogens with zero attached hydrogens (tertiary/aromatic N) is 1. The number of fused-ring (bicyclic) bond motifs is 1. The molecule has 2 unspecified atom stereocenters. The third-order valence-corrected chi connectivity index (χ3v) is 5.16. The van der Waals surface area contributed by atoms with Crippen LogP contribution < -0.4 is 0 Å². The van der Waals surface area contributed by atoms with E-state index in [1.54, 1.807) is 0 Å². The second-order valence-corrected chi connectivity index (χ2v) is 7.40. The molecule has 9 heteroatoms. The summed E-state index contributed by atoms with van der Waals surface area (Å²) in [4.78, 5) is 39.0. The van der Waals surface area contributed by atoms with Gasteiger partial charge in [0, 0.05) is 20.8 Å². The summed E-state index contributed by atoms with van der Waals surface area (Å²) in [6.45, 7) is 5.84. The molecule has 0 aromatic rings. The predicted octanol–water partition coefficient (Wildman–Crippen LogP) is 1.84. The molecule has 0 aromatic carbocycles. The molecule has 2 heterocycles. The van der Waals surface area contributed by atoms with Crippen molar-refractivity contribution >= 4 is 34.7 Å². The lowest BCUT2D eigenvalue weighted by Crippen LogP contribution is -2.59. The third-order valence-electron chi connectivity index (χ3n) is 3.96. The van der Waals surface area contributed by atoms with Gasteiger partial charge in [0.25, 0.3) is 0 Å². The number of ether oxygens (including phenoxy) is 4. The monoisotopic (exact) mass is 387 g/mol. The number of hydrogen-bond acceptors (Lipinski definition) is 9. The van der Waals surface area contributed by atoms with Gasteiger partial charge in [0.1, 0.15) is 24.2 Å². The van der Waals surface area contributed by atoms with Gasteiger partial charge in [-0.05, 0) is 12.8 Å². The van der Waals surface area contributed by atoms with E-state index in [1.165, 1.54) is 32.5 Å². The van der Waals surface area contributed by atoms with Crippen LogP contribution in [0.25, 0.3) is 0 Å². The maximum Gasteiger partial charge on any atom is 0.303 e. The number of esters is 3. The Morgan fingerprint density at radius 3 is 2.31 bits per heavy atom. The summed E-state index contributed by atoms with van der Waals surface area (Å²) < 4.78 is 21.9. The molecule has 0 radical (unpaired) electrons. The molecule has 0 spiro atoms.